The molecule has 2 rings (SSSR count). The third kappa shape index (κ3) is 1.57. The number of aryl methyl sites for hydroxylation is 1. The van der Waals surface area contributed by atoms with Crippen molar-refractivity contribution >= 4 is 0 Å². The summed E-state index contributed by atoms with van der Waals surface area (Å²) in [6, 6.07) is 0.211. The summed E-state index contributed by atoms with van der Waals surface area (Å²) in [6.45, 7) is 4.39. The number of ether oxygens (including phenoxy) is 1. The van der Waals surface area contributed by atoms with Crippen molar-refractivity contribution in [3.63, 3.8) is 0 Å². The van der Waals surface area contributed by atoms with Gasteiger partial charge in [-0.05, 0) is 6.92 Å². The van der Waals surface area contributed by atoms with Crippen molar-refractivity contribution in [3.8, 4) is 0 Å². The monoisotopic (exact) mass is 182 g/mol. The molecule has 0 saturated carbocycles. The molecule has 1 aromatic heterocycles. The molecule has 0 spiro atoms. The molecular formula is C8H14N4O. The second kappa shape index (κ2) is 3.43. The number of hydrogen-bond donors (Lipinski definition) is 1. The van der Waals surface area contributed by atoms with Crippen LogP contribution in [0.1, 0.15) is 17.4 Å². The number of nitrogens with zero attached hydrogens (tertiary/aromatic N) is 3. The van der Waals surface area contributed by atoms with Gasteiger partial charge in [-0.2, -0.15) is 0 Å². The van der Waals surface area contributed by atoms with Crippen LogP contribution in [0.3, 0.4) is 0 Å². The molecule has 0 bridgehead atoms. The van der Waals surface area contributed by atoms with Crippen molar-refractivity contribution < 1.29 is 4.74 Å². The first-order valence-corrected chi connectivity index (χ1v) is 4.46. The Bertz CT molecular complexity index is 290. The van der Waals surface area contributed by atoms with Crippen molar-refractivity contribution in [3.05, 3.63) is 11.4 Å². The summed E-state index contributed by atoms with van der Waals surface area (Å²) in [5.74, 6) is 0. The van der Waals surface area contributed by atoms with E-state index in [2.05, 4.69) is 15.6 Å². The second-order valence-electron chi connectivity index (χ2n) is 3.27. The summed E-state index contributed by atoms with van der Waals surface area (Å²) < 4.78 is 7.14. The average Bonchev–Trinajstić information content (AvgIpc) is 2.49. The van der Waals surface area contributed by atoms with Crippen LogP contribution in [0.4, 0.5) is 0 Å². The van der Waals surface area contributed by atoms with E-state index in [-0.39, 0.29) is 6.04 Å². The van der Waals surface area contributed by atoms with E-state index in [0.717, 1.165) is 24.5 Å². The lowest BCUT2D eigenvalue weighted by atomic mass is 10.1. The summed E-state index contributed by atoms with van der Waals surface area (Å²) >= 11 is 0. The highest BCUT2D eigenvalue weighted by atomic mass is 16.5. The molecular weight excluding hydrogens is 168 g/mol. The van der Waals surface area contributed by atoms with Crippen LogP contribution in [0.2, 0.25) is 0 Å². The molecule has 2 heterocycles. The first kappa shape index (κ1) is 8.65. The molecule has 1 saturated heterocycles. The first-order valence-electron chi connectivity index (χ1n) is 4.46. The van der Waals surface area contributed by atoms with Crippen LogP contribution < -0.4 is 5.32 Å². The lowest BCUT2D eigenvalue weighted by Gasteiger charge is -2.22. The smallest absolute Gasteiger partial charge is 0.105 e. The third-order valence-corrected chi connectivity index (χ3v) is 2.39. The third-order valence-electron chi connectivity index (χ3n) is 2.39. The highest BCUT2D eigenvalue weighted by Gasteiger charge is 2.20. The van der Waals surface area contributed by atoms with Gasteiger partial charge in [0.2, 0.25) is 0 Å². The summed E-state index contributed by atoms with van der Waals surface area (Å²) in [7, 11) is 1.90. The van der Waals surface area contributed by atoms with E-state index in [4.69, 9.17) is 4.74 Å². The van der Waals surface area contributed by atoms with Gasteiger partial charge in [-0.25, -0.2) is 0 Å². The van der Waals surface area contributed by atoms with Crippen molar-refractivity contribution in [2.75, 3.05) is 19.8 Å². The highest BCUT2D eigenvalue weighted by Crippen LogP contribution is 2.15. The second-order valence-corrected chi connectivity index (χ2v) is 3.27. The molecule has 72 valence electrons. The summed E-state index contributed by atoms with van der Waals surface area (Å²) in [6.07, 6.45) is 0. The van der Waals surface area contributed by atoms with Crippen LogP contribution in [0.25, 0.3) is 0 Å². The normalized spacial score (nSPS) is 23.4. The van der Waals surface area contributed by atoms with Gasteiger partial charge in [0, 0.05) is 13.6 Å². The molecule has 0 radical (unpaired) electrons. The van der Waals surface area contributed by atoms with Crippen LogP contribution >= 0.6 is 0 Å². The number of morpholine rings is 1. The van der Waals surface area contributed by atoms with Gasteiger partial charge in [0.15, 0.2) is 0 Å². The van der Waals surface area contributed by atoms with Crippen molar-refractivity contribution in [2.24, 2.45) is 7.05 Å². The fraction of sp³-hybridized carbons (Fsp3) is 0.750. The molecule has 1 aliphatic heterocycles. The van der Waals surface area contributed by atoms with Crippen LogP contribution in [0, 0.1) is 6.92 Å². The van der Waals surface area contributed by atoms with E-state index in [1.54, 1.807) is 4.68 Å². The van der Waals surface area contributed by atoms with Crippen LogP contribution in [0.15, 0.2) is 0 Å². The minimum Gasteiger partial charge on any atom is -0.378 e. The first-order chi connectivity index (χ1) is 6.29. The SMILES string of the molecule is Cc1c(C2COCCN2)nnn1C. The fourth-order valence-electron chi connectivity index (χ4n) is 1.48. The quantitative estimate of drug-likeness (QED) is 0.652. The molecule has 5 nitrogen and oxygen atoms in total. The Kier molecular flexibility index (Phi) is 2.28. The van der Waals surface area contributed by atoms with Gasteiger partial charge >= 0.3 is 0 Å². The van der Waals surface area contributed by atoms with Crippen molar-refractivity contribution in [1.82, 2.24) is 20.3 Å². The molecule has 1 fully saturated rings. The predicted octanol–water partition coefficient (Wildman–Crippen LogP) is -0.216. The minimum atomic E-state index is 0.211. The fourth-order valence-corrected chi connectivity index (χ4v) is 1.48. The maximum absolute atomic E-state index is 5.36. The molecule has 1 atom stereocenters. The zero-order chi connectivity index (χ0) is 9.26. The summed E-state index contributed by atoms with van der Waals surface area (Å²) in [4.78, 5) is 0. The molecule has 0 aromatic carbocycles. The van der Waals surface area contributed by atoms with Gasteiger partial charge in [-0.3, -0.25) is 4.68 Å². The van der Waals surface area contributed by atoms with E-state index >= 15 is 0 Å². The van der Waals surface area contributed by atoms with E-state index in [0.29, 0.717) is 6.61 Å². The number of aromatic nitrogens is 3. The Labute approximate surface area is 77.1 Å². The Morgan fingerprint density at radius 2 is 2.46 bits per heavy atom. The van der Waals surface area contributed by atoms with E-state index in [1.807, 2.05) is 14.0 Å². The molecule has 1 N–H and O–H groups in total. The van der Waals surface area contributed by atoms with Gasteiger partial charge in [-0.1, -0.05) is 5.21 Å². The van der Waals surface area contributed by atoms with E-state index < -0.39 is 0 Å². The molecule has 1 aromatic rings. The number of hydrogen-bond acceptors (Lipinski definition) is 4. The minimum absolute atomic E-state index is 0.211. The highest BCUT2D eigenvalue weighted by molar-refractivity contribution is 5.13. The summed E-state index contributed by atoms with van der Waals surface area (Å²) in [5, 5.41) is 11.4. The molecule has 13 heavy (non-hydrogen) atoms. The number of rotatable bonds is 1. The van der Waals surface area contributed by atoms with Crippen LogP contribution in [-0.4, -0.2) is 34.8 Å². The van der Waals surface area contributed by atoms with Gasteiger partial charge < -0.3 is 10.1 Å². The molecule has 1 unspecified atom stereocenters. The molecule has 0 aliphatic carbocycles. The van der Waals surface area contributed by atoms with Gasteiger partial charge in [0.05, 0.1) is 24.9 Å². The zero-order valence-electron chi connectivity index (χ0n) is 7.95. The van der Waals surface area contributed by atoms with Crippen molar-refractivity contribution in [1.29, 1.82) is 0 Å². The van der Waals surface area contributed by atoms with Gasteiger partial charge in [0.25, 0.3) is 0 Å². The Morgan fingerprint density at radius 1 is 1.62 bits per heavy atom. The predicted molar refractivity (Wildman–Crippen MR) is 47.3 cm³/mol. The Morgan fingerprint density at radius 3 is 3.00 bits per heavy atom. The van der Waals surface area contributed by atoms with Crippen LogP contribution in [-0.2, 0) is 11.8 Å². The molecule has 5 heteroatoms. The Hall–Kier alpha value is -0.940. The molecule has 1 aliphatic rings. The standard InChI is InChI=1S/C8H14N4O/c1-6-8(10-11-12(6)2)7-5-13-4-3-9-7/h7,9H,3-5H2,1-2H3. The van der Waals surface area contributed by atoms with E-state index in [9.17, 15) is 0 Å². The molecule has 0 amide bonds. The average molecular weight is 182 g/mol. The lowest BCUT2D eigenvalue weighted by molar-refractivity contribution is 0.0754. The Balaban J connectivity index is 2.18. The zero-order valence-corrected chi connectivity index (χ0v) is 7.95. The van der Waals surface area contributed by atoms with Gasteiger partial charge in [0.1, 0.15) is 5.69 Å². The number of nitrogens with one attached hydrogen (secondary N) is 1. The maximum atomic E-state index is 5.36. The van der Waals surface area contributed by atoms with Gasteiger partial charge in [-0.15, -0.1) is 5.10 Å². The largest absolute Gasteiger partial charge is 0.378 e. The topological polar surface area (TPSA) is 52.0 Å². The van der Waals surface area contributed by atoms with E-state index in [1.165, 1.54) is 0 Å². The van der Waals surface area contributed by atoms with Crippen LogP contribution in [0.5, 0.6) is 0 Å². The van der Waals surface area contributed by atoms with Crippen molar-refractivity contribution in [2.45, 2.75) is 13.0 Å². The maximum Gasteiger partial charge on any atom is 0.105 e. The lowest BCUT2D eigenvalue weighted by Crippen LogP contribution is -2.35. The summed E-state index contributed by atoms with van der Waals surface area (Å²) in [5.41, 5.74) is 2.10.